The molecule has 0 saturated carbocycles. The van der Waals surface area contributed by atoms with Crippen molar-refractivity contribution in [2.45, 2.75) is 26.4 Å². The zero-order chi connectivity index (χ0) is 16.0. The lowest BCUT2D eigenvalue weighted by Crippen LogP contribution is -2.22. The topological polar surface area (TPSA) is 75.3 Å². The first-order valence-corrected chi connectivity index (χ1v) is 8.48. The number of aryl methyl sites for hydroxylation is 2. The highest BCUT2D eigenvalue weighted by atomic mass is 32.1. The Kier molecular flexibility index (Phi) is 3.54. The van der Waals surface area contributed by atoms with E-state index in [1.165, 1.54) is 4.88 Å². The molecule has 6 nitrogen and oxygen atoms in total. The van der Waals surface area contributed by atoms with Gasteiger partial charge in [-0.05, 0) is 19.9 Å². The summed E-state index contributed by atoms with van der Waals surface area (Å²) in [6.45, 7) is 5.31. The molecule has 0 aromatic carbocycles. The molecule has 0 aliphatic carbocycles. The van der Waals surface area contributed by atoms with Gasteiger partial charge in [-0.15, -0.1) is 11.3 Å². The molecule has 1 N–H and O–H groups in total. The molecule has 3 aromatic heterocycles. The van der Waals surface area contributed by atoms with Crippen LogP contribution in [0.2, 0.25) is 0 Å². The predicted octanol–water partition coefficient (Wildman–Crippen LogP) is 2.34. The van der Waals surface area contributed by atoms with Crippen molar-refractivity contribution in [3.05, 3.63) is 34.8 Å². The van der Waals surface area contributed by atoms with Gasteiger partial charge in [0.25, 0.3) is 0 Å². The summed E-state index contributed by atoms with van der Waals surface area (Å²) in [5, 5.41) is 15.4. The Hall–Kier alpha value is -1.99. The summed E-state index contributed by atoms with van der Waals surface area (Å²) < 4.78 is 5.29. The molecule has 0 amide bonds. The summed E-state index contributed by atoms with van der Waals surface area (Å²) in [4.78, 5) is 13.2. The molecular weight excluding hydrogens is 312 g/mol. The molecular formula is C16H18N4O2S. The maximum Gasteiger partial charge on any atom is 0.140 e. The number of fused-ring (bicyclic) bond motifs is 1. The smallest absolute Gasteiger partial charge is 0.140 e. The Labute approximate surface area is 137 Å². The summed E-state index contributed by atoms with van der Waals surface area (Å²) >= 11 is 1.67. The van der Waals surface area contributed by atoms with Crippen molar-refractivity contribution in [1.82, 2.24) is 15.1 Å². The van der Waals surface area contributed by atoms with E-state index in [0.717, 1.165) is 34.0 Å². The van der Waals surface area contributed by atoms with Crippen LogP contribution in [0.5, 0.6) is 0 Å². The standard InChI is InChI=1S/C16H18N4O2S/c1-9-3-12(22-19-9)5-11-6-20(7-14(11)21)15-13-4-10(2)23-16(13)18-8-17-15/h3-4,8,11,14,21H,5-7H2,1-2H3/t11-,14+/m1/s1. The largest absolute Gasteiger partial charge is 0.391 e. The van der Waals surface area contributed by atoms with E-state index in [9.17, 15) is 5.11 Å². The van der Waals surface area contributed by atoms with Crippen LogP contribution in [0.25, 0.3) is 10.2 Å². The average molecular weight is 330 g/mol. The molecule has 1 saturated heterocycles. The van der Waals surface area contributed by atoms with Crippen LogP contribution >= 0.6 is 11.3 Å². The molecule has 3 aromatic rings. The first-order chi connectivity index (χ1) is 11.1. The number of thiophene rings is 1. The molecule has 4 heterocycles. The Morgan fingerprint density at radius 1 is 1.30 bits per heavy atom. The van der Waals surface area contributed by atoms with Gasteiger partial charge in [0, 0.05) is 36.4 Å². The number of aliphatic hydroxyl groups is 1. The zero-order valence-electron chi connectivity index (χ0n) is 13.1. The van der Waals surface area contributed by atoms with E-state index in [4.69, 9.17) is 4.52 Å². The fraction of sp³-hybridized carbons (Fsp3) is 0.438. The third-order valence-electron chi connectivity index (χ3n) is 4.28. The quantitative estimate of drug-likeness (QED) is 0.794. The first-order valence-electron chi connectivity index (χ1n) is 7.66. The number of hydrogen-bond donors (Lipinski definition) is 1. The Morgan fingerprint density at radius 3 is 2.96 bits per heavy atom. The van der Waals surface area contributed by atoms with Crippen molar-refractivity contribution in [3.63, 3.8) is 0 Å². The van der Waals surface area contributed by atoms with Crippen molar-refractivity contribution in [2.24, 2.45) is 5.92 Å². The van der Waals surface area contributed by atoms with Gasteiger partial charge in [-0.2, -0.15) is 0 Å². The molecule has 1 aliphatic heterocycles. The van der Waals surface area contributed by atoms with Gasteiger partial charge in [0.1, 0.15) is 22.7 Å². The molecule has 0 radical (unpaired) electrons. The van der Waals surface area contributed by atoms with Gasteiger partial charge >= 0.3 is 0 Å². The predicted molar refractivity (Wildman–Crippen MR) is 88.8 cm³/mol. The highest BCUT2D eigenvalue weighted by Gasteiger charge is 2.33. The van der Waals surface area contributed by atoms with Crippen molar-refractivity contribution in [2.75, 3.05) is 18.0 Å². The summed E-state index contributed by atoms with van der Waals surface area (Å²) in [6.07, 6.45) is 1.90. The van der Waals surface area contributed by atoms with Crippen molar-refractivity contribution >= 4 is 27.4 Å². The first kappa shape index (κ1) is 14.6. The molecule has 4 rings (SSSR count). The molecule has 7 heteroatoms. The fourth-order valence-corrected chi connectivity index (χ4v) is 4.06. The second kappa shape index (κ2) is 5.58. The SMILES string of the molecule is Cc1cc(C[C@@H]2CN(c3ncnc4sc(C)cc34)C[C@@H]2O)on1. The van der Waals surface area contributed by atoms with Gasteiger partial charge in [-0.1, -0.05) is 5.16 Å². The van der Waals surface area contributed by atoms with E-state index in [0.29, 0.717) is 13.0 Å². The van der Waals surface area contributed by atoms with E-state index < -0.39 is 6.10 Å². The molecule has 23 heavy (non-hydrogen) atoms. The average Bonchev–Trinajstić information content (AvgIpc) is 3.18. The van der Waals surface area contributed by atoms with Gasteiger partial charge in [-0.25, -0.2) is 9.97 Å². The highest BCUT2D eigenvalue weighted by Crippen LogP contribution is 2.33. The van der Waals surface area contributed by atoms with E-state index in [1.807, 2.05) is 13.0 Å². The maximum absolute atomic E-state index is 10.4. The van der Waals surface area contributed by atoms with Crippen molar-refractivity contribution < 1.29 is 9.63 Å². The third-order valence-corrected chi connectivity index (χ3v) is 5.24. The van der Waals surface area contributed by atoms with Gasteiger partial charge in [0.2, 0.25) is 0 Å². The molecule has 0 bridgehead atoms. The summed E-state index contributed by atoms with van der Waals surface area (Å²) in [5.74, 6) is 1.86. The van der Waals surface area contributed by atoms with E-state index >= 15 is 0 Å². The third kappa shape index (κ3) is 2.70. The normalized spacial score (nSPS) is 21.4. The van der Waals surface area contributed by atoms with Crippen LogP contribution in [-0.2, 0) is 6.42 Å². The molecule has 120 valence electrons. The minimum Gasteiger partial charge on any atom is -0.391 e. The van der Waals surface area contributed by atoms with Crippen LogP contribution in [-0.4, -0.2) is 39.4 Å². The zero-order valence-corrected chi connectivity index (χ0v) is 13.9. The van der Waals surface area contributed by atoms with Gasteiger partial charge in [-0.3, -0.25) is 0 Å². The van der Waals surface area contributed by atoms with Crippen LogP contribution < -0.4 is 4.90 Å². The van der Waals surface area contributed by atoms with Crippen LogP contribution in [0.3, 0.4) is 0 Å². The lowest BCUT2D eigenvalue weighted by molar-refractivity contribution is 0.143. The van der Waals surface area contributed by atoms with Crippen molar-refractivity contribution in [3.8, 4) is 0 Å². The van der Waals surface area contributed by atoms with Crippen molar-refractivity contribution in [1.29, 1.82) is 0 Å². The van der Waals surface area contributed by atoms with Crippen LogP contribution in [0.15, 0.2) is 23.0 Å². The molecule has 2 atom stereocenters. The molecule has 0 unspecified atom stereocenters. The Balaban J connectivity index is 1.58. The van der Waals surface area contributed by atoms with Gasteiger partial charge < -0.3 is 14.5 Å². The molecule has 1 aliphatic rings. The highest BCUT2D eigenvalue weighted by molar-refractivity contribution is 7.18. The fourth-order valence-electron chi connectivity index (χ4n) is 3.21. The summed E-state index contributed by atoms with van der Waals surface area (Å²) in [5.41, 5.74) is 0.871. The van der Waals surface area contributed by atoms with Crippen LogP contribution in [0.4, 0.5) is 5.82 Å². The lowest BCUT2D eigenvalue weighted by atomic mass is 10.0. The number of aliphatic hydroxyl groups excluding tert-OH is 1. The minimum atomic E-state index is -0.398. The van der Waals surface area contributed by atoms with E-state index in [1.54, 1.807) is 17.7 Å². The number of anilines is 1. The number of hydrogen-bond acceptors (Lipinski definition) is 7. The second-order valence-electron chi connectivity index (χ2n) is 6.14. The molecule has 0 spiro atoms. The minimum absolute atomic E-state index is 0.118. The monoisotopic (exact) mass is 330 g/mol. The lowest BCUT2D eigenvalue weighted by Gasteiger charge is -2.17. The Bertz CT molecular complexity index is 844. The van der Waals surface area contributed by atoms with E-state index in [-0.39, 0.29) is 5.92 Å². The number of nitrogens with zero attached hydrogens (tertiary/aromatic N) is 4. The maximum atomic E-state index is 10.4. The molecule has 1 fully saturated rings. The summed E-state index contributed by atoms with van der Waals surface area (Å²) in [7, 11) is 0. The Morgan fingerprint density at radius 2 is 2.17 bits per heavy atom. The summed E-state index contributed by atoms with van der Waals surface area (Å²) in [6, 6.07) is 4.05. The number of rotatable bonds is 3. The van der Waals surface area contributed by atoms with E-state index in [2.05, 4.69) is 33.0 Å². The van der Waals surface area contributed by atoms with Gasteiger partial charge in [0.15, 0.2) is 0 Å². The van der Waals surface area contributed by atoms with Gasteiger partial charge in [0.05, 0.1) is 17.2 Å². The van der Waals surface area contributed by atoms with Crippen LogP contribution in [0.1, 0.15) is 16.3 Å². The number of aromatic nitrogens is 3. The van der Waals surface area contributed by atoms with Crippen LogP contribution in [0, 0.1) is 19.8 Å². The number of β-amino-alcohol motifs (C(OH)–C–C–N with tert-alkyl or cyclic N) is 1. The second-order valence-corrected chi connectivity index (χ2v) is 7.38.